The number of hydrogen-bond donors (Lipinski definition) is 1. The third-order valence-corrected chi connectivity index (χ3v) is 5.58. The zero-order chi connectivity index (χ0) is 16.0. The van der Waals surface area contributed by atoms with Gasteiger partial charge in [0.25, 0.3) is 5.91 Å². The molecule has 2 aromatic rings. The lowest BCUT2D eigenvalue weighted by Crippen LogP contribution is -2.44. The molecule has 0 radical (unpaired) electrons. The largest absolute Gasteiger partial charge is 0.305 e. The summed E-state index contributed by atoms with van der Waals surface area (Å²) in [5, 5.41) is 3.22. The zero-order valence-electron chi connectivity index (χ0n) is 12.2. The van der Waals surface area contributed by atoms with E-state index in [1.165, 1.54) is 36.0 Å². The van der Waals surface area contributed by atoms with Crippen molar-refractivity contribution in [3.05, 3.63) is 65.2 Å². The monoisotopic (exact) mass is 332 g/mol. The molecule has 4 rings (SSSR count). The van der Waals surface area contributed by atoms with Crippen LogP contribution in [-0.4, -0.2) is 18.2 Å². The van der Waals surface area contributed by atoms with E-state index in [0.29, 0.717) is 23.4 Å². The molecule has 1 amide bonds. The summed E-state index contributed by atoms with van der Waals surface area (Å²) >= 11 is 1.49. The van der Waals surface area contributed by atoms with Crippen molar-refractivity contribution >= 4 is 23.4 Å². The Morgan fingerprint density at radius 3 is 2.74 bits per heavy atom. The Morgan fingerprint density at radius 1 is 1.17 bits per heavy atom. The van der Waals surface area contributed by atoms with Gasteiger partial charge in [0.1, 0.15) is 11.6 Å². The SMILES string of the molecule is O=C1N(Cc2cccc(F)c2)c2ccc(F)cc2C12NCCS2. The van der Waals surface area contributed by atoms with Crippen molar-refractivity contribution in [2.75, 3.05) is 17.2 Å². The third-order valence-electron chi connectivity index (χ3n) is 4.20. The number of anilines is 1. The van der Waals surface area contributed by atoms with E-state index in [4.69, 9.17) is 0 Å². The molecule has 2 aliphatic rings. The van der Waals surface area contributed by atoms with Crippen LogP contribution in [0.3, 0.4) is 0 Å². The number of carbonyl (C=O) groups excluding carboxylic acids is 1. The molecule has 1 spiro atoms. The van der Waals surface area contributed by atoms with E-state index in [-0.39, 0.29) is 24.1 Å². The summed E-state index contributed by atoms with van der Waals surface area (Å²) < 4.78 is 27.1. The van der Waals surface area contributed by atoms with Gasteiger partial charge in [0.15, 0.2) is 4.87 Å². The van der Waals surface area contributed by atoms with Crippen LogP contribution in [0.5, 0.6) is 0 Å². The summed E-state index contributed by atoms with van der Waals surface area (Å²) in [6.07, 6.45) is 0. The lowest BCUT2D eigenvalue weighted by atomic mass is 10.1. The number of amides is 1. The molecule has 2 aliphatic heterocycles. The summed E-state index contributed by atoms with van der Waals surface area (Å²) in [5.74, 6) is -0.0329. The van der Waals surface area contributed by atoms with Crippen LogP contribution in [0.4, 0.5) is 14.5 Å². The molecule has 2 heterocycles. The van der Waals surface area contributed by atoms with Crippen LogP contribution in [0.2, 0.25) is 0 Å². The highest BCUT2D eigenvalue weighted by Crippen LogP contribution is 2.49. The molecular formula is C17H14F2N2OS. The van der Waals surface area contributed by atoms with E-state index in [9.17, 15) is 13.6 Å². The second-order valence-corrected chi connectivity index (χ2v) is 6.95. The third kappa shape index (κ3) is 2.24. The predicted octanol–water partition coefficient (Wildman–Crippen LogP) is 3.00. The molecule has 1 atom stereocenters. The van der Waals surface area contributed by atoms with Gasteiger partial charge < -0.3 is 4.90 Å². The normalized spacial score (nSPS) is 22.9. The maximum Gasteiger partial charge on any atom is 0.262 e. The van der Waals surface area contributed by atoms with Gasteiger partial charge in [0.05, 0.1) is 12.2 Å². The molecule has 0 bridgehead atoms. The van der Waals surface area contributed by atoms with Crippen molar-refractivity contribution < 1.29 is 13.6 Å². The number of fused-ring (bicyclic) bond motifs is 2. The maximum absolute atomic E-state index is 13.7. The van der Waals surface area contributed by atoms with Gasteiger partial charge in [0, 0.05) is 17.9 Å². The van der Waals surface area contributed by atoms with E-state index in [1.54, 1.807) is 23.1 Å². The van der Waals surface area contributed by atoms with Crippen molar-refractivity contribution in [3.63, 3.8) is 0 Å². The number of hydrogen-bond acceptors (Lipinski definition) is 3. The molecule has 0 aliphatic carbocycles. The average molecular weight is 332 g/mol. The molecule has 0 aromatic heterocycles. The standard InChI is InChI=1S/C17H14F2N2OS/c18-12-3-1-2-11(8-12)10-21-15-5-4-13(19)9-14(15)17(16(21)22)20-6-7-23-17/h1-5,8-9,20H,6-7,10H2. The zero-order valence-corrected chi connectivity index (χ0v) is 13.0. The fourth-order valence-corrected chi connectivity index (χ4v) is 4.47. The van der Waals surface area contributed by atoms with Crippen molar-refractivity contribution in [2.45, 2.75) is 11.4 Å². The van der Waals surface area contributed by atoms with E-state index in [1.807, 2.05) is 0 Å². The van der Waals surface area contributed by atoms with Gasteiger partial charge in [-0.2, -0.15) is 0 Å². The van der Waals surface area contributed by atoms with Gasteiger partial charge in [-0.05, 0) is 35.9 Å². The van der Waals surface area contributed by atoms with Gasteiger partial charge in [0.2, 0.25) is 0 Å². The van der Waals surface area contributed by atoms with E-state index < -0.39 is 4.87 Å². The van der Waals surface area contributed by atoms with Crippen molar-refractivity contribution in [1.82, 2.24) is 5.32 Å². The second kappa shape index (κ2) is 5.32. The number of carbonyl (C=O) groups is 1. The molecule has 1 saturated heterocycles. The Balaban J connectivity index is 1.78. The van der Waals surface area contributed by atoms with E-state index in [0.717, 1.165) is 5.75 Å². The van der Waals surface area contributed by atoms with Crippen molar-refractivity contribution in [2.24, 2.45) is 0 Å². The van der Waals surface area contributed by atoms with Gasteiger partial charge >= 0.3 is 0 Å². The summed E-state index contributed by atoms with van der Waals surface area (Å²) in [4.78, 5) is 13.7. The van der Waals surface area contributed by atoms with Crippen LogP contribution in [0, 0.1) is 11.6 Å². The van der Waals surface area contributed by atoms with Gasteiger partial charge in [-0.1, -0.05) is 12.1 Å². The summed E-state index contributed by atoms with van der Waals surface area (Å²) in [7, 11) is 0. The highest BCUT2D eigenvalue weighted by atomic mass is 32.2. The first kappa shape index (κ1) is 14.7. The first-order valence-corrected chi connectivity index (χ1v) is 8.34. The molecule has 1 fully saturated rings. The highest BCUT2D eigenvalue weighted by Gasteiger charge is 2.53. The topological polar surface area (TPSA) is 32.3 Å². The van der Waals surface area contributed by atoms with Gasteiger partial charge in [-0.3, -0.25) is 10.1 Å². The summed E-state index contributed by atoms with van der Waals surface area (Å²) in [6.45, 7) is 0.958. The van der Waals surface area contributed by atoms with Gasteiger partial charge in [-0.15, -0.1) is 11.8 Å². The van der Waals surface area contributed by atoms with Crippen LogP contribution in [0.15, 0.2) is 42.5 Å². The van der Waals surface area contributed by atoms with Gasteiger partial charge in [-0.25, -0.2) is 8.78 Å². The minimum absolute atomic E-state index is 0.120. The fourth-order valence-electron chi connectivity index (χ4n) is 3.21. The van der Waals surface area contributed by atoms with Crippen LogP contribution in [0.25, 0.3) is 0 Å². The number of benzene rings is 2. The molecule has 118 valence electrons. The lowest BCUT2D eigenvalue weighted by molar-refractivity contribution is -0.121. The number of rotatable bonds is 2. The van der Waals surface area contributed by atoms with Crippen LogP contribution in [-0.2, 0) is 16.2 Å². The number of nitrogens with one attached hydrogen (secondary N) is 1. The number of halogens is 2. The Bertz CT molecular complexity index is 790. The molecule has 1 N–H and O–H groups in total. The average Bonchev–Trinajstić information content (AvgIpc) is 3.10. The molecular weight excluding hydrogens is 318 g/mol. The van der Waals surface area contributed by atoms with Crippen molar-refractivity contribution in [3.8, 4) is 0 Å². The Labute approximate surface area is 136 Å². The summed E-state index contributed by atoms with van der Waals surface area (Å²) in [6, 6.07) is 10.6. The number of nitrogens with zero attached hydrogens (tertiary/aromatic N) is 1. The predicted molar refractivity (Wildman–Crippen MR) is 86.1 cm³/mol. The molecule has 2 aromatic carbocycles. The minimum atomic E-state index is -0.912. The van der Waals surface area contributed by atoms with E-state index >= 15 is 0 Å². The smallest absolute Gasteiger partial charge is 0.262 e. The minimum Gasteiger partial charge on any atom is -0.305 e. The van der Waals surface area contributed by atoms with Crippen LogP contribution in [0.1, 0.15) is 11.1 Å². The second-order valence-electron chi connectivity index (χ2n) is 5.64. The summed E-state index contributed by atoms with van der Waals surface area (Å²) in [5.41, 5.74) is 2.04. The van der Waals surface area contributed by atoms with E-state index in [2.05, 4.69) is 5.32 Å². The Hall–Kier alpha value is -1.92. The highest BCUT2D eigenvalue weighted by molar-refractivity contribution is 8.01. The lowest BCUT2D eigenvalue weighted by Gasteiger charge is -2.23. The van der Waals surface area contributed by atoms with Crippen LogP contribution < -0.4 is 10.2 Å². The molecule has 1 unspecified atom stereocenters. The molecule has 6 heteroatoms. The first-order chi connectivity index (χ1) is 11.1. The Morgan fingerprint density at radius 2 is 2.00 bits per heavy atom. The fraction of sp³-hybridized carbons (Fsp3) is 0.235. The van der Waals surface area contributed by atoms with Crippen LogP contribution >= 0.6 is 11.8 Å². The molecule has 3 nitrogen and oxygen atoms in total. The Kier molecular flexibility index (Phi) is 3.39. The molecule has 23 heavy (non-hydrogen) atoms. The molecule has 0 saturated carbocycles. The van der Waals surface area contributed by atoms with Crippen molar-refractivity contribution in [1.29, 1.82) is 0 Å². The first-order valence-electron chi connectivity index (χ1n) is 7.35. The number of thioether (sulfide) groups is 1. The quantitative estimate of drug-likeness (QED) is 0.918. The maximum atomic E-state index is 13.7.